The third-order valence-electron chi connectivity index (χ3n) is 1.89. The van der Waals surface area contributed by atoms with E-state index in [0.717, 1.165) is 12.1 Å². The Morgan fingerprint density at radius 3 is 2.32 bits per heavy atom. The van der Waals surface area contributed by atoms with E-state index in [1.165, 1.54) is 19.1 Å². The maximum atomic E-state index is 12.6. The predicted octanol–water partition coefficient (Wildman–Crippen LogP) is 1.29. The lowest BCUT2D eigenvalue weighted by Crippen LogP contribution is -1.99. The number of benzene rings is 1. The molecule has 5 nitrogen and oxygen atoms in total. The summed E-state index contributed by atoms with van der Waals surface area (Å²) in [5.74, 6) is 5.08. The minimum absolute atomic E-state index is 0.0161. The van der Waals surface area contributed by atoms with E-state index >= 15 is 0 Å². The lowest BCUT2D eigenvalue weighted by atomic mass is 10.3. The highest BCUT2D eigenvalue weighted by Gasteiger charge is 2.10. The maximum absolute atomic E-state index is 12.6. The van der Waals surface area contributed by atoms with Crippen molar-refractivity contribution in [1.82, 2.24) is 0 Å². The fraction of sp³-hybridized carbons (Fsp3) is 0.250. The largest absolute Gasteiger partial charge is 0.481 e. The van der Waals surface area contributed by atoms with Gasteiger partial charge in [-0.3, -0.25) is 4.79 Å². The Morgan fingerprint density at radius 1 is 1.21 bits per heavy atom. The van der Waals surface area contributed by atoms with Crippen LogP contribution >= 0.6 is 0 Å². The number of ether oxygens (including phenoxy) is 2. The molecule has 0 spiro atoms. The summed E-state index contributed by atoms with van der Waals surface area (Å²) in [6.07, 6.45) is 0. The van der Waals surface area contributed by atoms with Crippen LogP contribution in [0.15, 0.2) is 29.2 Å². The normalized spacial score (nSPS) is 10.2. The first-order valence-corrected chi connectivity index (χ1v) is 6.54. The van der Waals surface area contributed by atoms with Crippen LogP contribution in [0.1, 0.15) is 6.92 Å². The quantitative estimate of drug-likeness (QED) is 0.474. The summed E-state index contributed by atoms with van der Waals surface area (Å²) in [5.41, 5.74) is 0. The Hall–Kier alpha value is -2.07. The second kappa shape index (κ2) is 6.75. The van der Waals surface area contributed by atoms with Crippen LogP contribution in [0.25, 0.3) is 0 Å². The van der Waals surface area contributed by atoms with E-state index in [4.69, 9.17) is 4.74 Å². The Balaban J connectivity index is 2.44. The zero-order valence-corrected chi connectivity index (χ0v) is 10.9. The van der Waals surface area contributed by atoms with Crippen molar-refractivity contribution in [3.8, 4) is 17.6 Å². The topological polar surface area (TPSA) is 69.7 Å². The molecule has 7 heteroatoms. The van der Waals surface area contributed by atoms with Crippen molar-refractivity contribution in [2.24, 2.45) is 0 Å². The summed E-state index contributed by atoms with van der Waals surface area (Å²) in [7, 11) is -4.69. The molecule has 19 heavy (non-hydrogen) atoms. The molecule has 0 aliphatic rings. The van der Waals surface area contributed by atoms with Gasteiger partial charge in [0.05, 0.1) is 4.90 Å². The molecule has 0 heterocycles. The van der Waals surface area contributed by atoms with E-state index in [1.54, 1.807) is 0 Å². The molecule has 0 radical (unpaired) electrons. The van der Waals surface area contributed by atoms with E-state index in [1.807, 2.05) is 0 Å². The van der Waals surface area contributed by atoms with Gasteiger partial charge in [0.1, 0.15) is 12.4 Å². The van der Waals surface area contributed by atoms with Gasteiger partial charge < -0.3 is 9.47 Å². The summed E-state index contributed by atoms with van der Waals surface area (Å²) >= 11 is 0. The number of carbonyl (C=O) groups is 1. The van der Waals surface area contributed by atoms with Crippen molar-refractivity contribution in [2.75, 3.05) is 13.2 Å². The zero-order chi connectivity index (χ0) is 14.3. The number of esters is 1. The first-order chi connectivity index (χ1) is 8.89. The van der Waals surface area contributed by atoms with Crippen LogP contribution in [0, 0.1) is 11.8 Å². The Labute approximate surface area is 110 Å². The van der Waals surface area contributed by atoms with Crippen LogP contribution in [0.5, 0.6) is 5.75 Å². The van der Waals surface area contributed by atoms with Gasteiger partial charge in [-0.25, -0.2) is 0 Å². The fourth-order valence-electron chi connectivity index (χ4n) is 1.06. The number of rotatable bonds is 4. The van der Waals surface area contributed by atoms with Crippen molar-refractivity contribution < 1.29 is 26.6 Å². The monoisotopic (exact) mass is 286 g/mol. The van der Waals surface area contributed by atoms with E-state index in [0.29, 0.717) is 5.75 Å². The predicted molar refractivity (Wildman–Crippen MR) is 64.6 cm³/mol. The molecule has 1 aromatic carbocycles. The molecule has 0 fully saturated rings. The van der Waals surface area contributed by atoms with Crippen molar-refractivity contribution >= 4 is 16.2 Å². The summed E-state index contributed by atoms with van der Waals surface area (Å²) in [4.78, 5) is 9.98. The molecule has 0 aliphatic heterocycles. The van der Waals surface area contributed by atoms with E-state index in [9.17, 15) is 17.1 Å². The SMILES string of the molecule is CC(=O)OCC#CCOc1ccc(S(=O)(=O)F)cc1. The van der Waals surface area contributed by atoms with E-state index < -0.39 is 21.1 Å². The van der Waals surface area contributed by atoms with Crippen molar-refractivity contribution in [1.29, 1.82) is 0 Å². The molecule has 0 N–H and O–H groups in total. The van der Waals surface area contributed by atoms with E-state index in [2.05, 4.69) is 16.6 Å². The Bertz CT molecular complexity index is 595. The van der Waals surface area contributed by atoms with Gasteiger partial charge in [0.2, 0.25) is 0 Å². The third-order valence-corrected chi connectivity index (χ3v) is 2.72. The van der Waals surface area contributed by atoms with Crippen molar-refractivity contribution in [3.05, 3.63) is 24.3 Å². The van der Waals surface area contributed by atoms with Gasteiger partial charge in [-0.1, -0.05) is 11.8 Å². The first kappa shape index (κ1) is 15.0. The van der Waals surface area contributed by atoms with Crippen LogP contribution in [0.4, 0.5) is 3.89 Å². The lowest BCUT2D eigenvalue weighted by Gasteiger charge is -2.01. The smallest absolute Gasteiger partial charge is 0.332 e. The van der Waals surface area contributed by atoms with Crippen molar-refractivity contribution in [2.45, 2.75) is 11.8 Å². The fourth-order valence-corrected chi connectivity index (χ4v) is 1.52. The molecular weight excluding hydrogens is 275 g/mol. The number of hydrogen-bond acceptors (Lipinski definition) is 5. The number of halogens is 1. The summed E-state index contributed by atoms with van der Waals surface area (Å²) in [6.45, 7) is 1.30. The molecule has 0 aliphatic carbocycles. The molecule has 0 saturated heterocycles. The summed E-state index contributed by atoms with van der Waals surface area (Å²) in [5, 5.41) is 0. The standard InChI is InChI=1S/C12H11FO5S/c1-10(14)17-8-2-3-9-18-11-4-6-12(7-5-11)19(13,15)16/h4-7H,8-9H2,1H3. The van der Waals surface area contributed by atoms with Crippen molar-refractivity contribution in [3.63, 3.8) is 0 Å². The average Bonchev–Trinajstić information content (AvgIpc) is 2.32. The maximum Gasteiger partial charge on any atom is 0.332 e. The highest BCUT2D eigenvalue weighted by atomic mass is 32.3. The van der Waals surface area contributed by atoms with Gasteiger partial charge in [-0.05, 0) is 24.3 Å². The zero-order valence-electron chi connectivity index (χ0n) is 10.1. The van der Waals surface area contributed by atoms with Crippen LogP contribution < -0.4 is 4.74 Å². The number of carbonyl (C=O) groups excluding carboxylic acids is 1. The molecular formula is C12H11FO5S. The molecule has 0 atom stereocenters. The summed E-state index contributed by atoms with van der Waals surface area (Å²) < 4.78 is 43.4. The van der Waals surface area contributed by atoms with Gasteiger partial charge >= 0.3 is 16.2 Å². The van der Waals surface area contributed by atoms with Crippen LogP contribution in [0.3, 0.4) is 0 Å². The van der Waals surface area contributed by atoms with Gasteiger partial charge in [0.25, 0.3) is 0 Å². The second-order valence-electron chi connectivity index (χ2n) is 3.33. The first-order valence-electron chi connectivity index (χ1n) is 5.16. The second-order valence-corrected chi connectivity index (χ2v) is 4.68. The van der Waals surface area contributed by atoms with Gasteiger partial charge in [-0.15, -0.1) is 3.89 Å². The molecule has 0 aromatic heterocycles. The van der Waals surface area contributed by atoms with Crippen LogP contribution in [0.2, 0.25) is 0 Å². The van der Waals surface area contributed by atoms with Crippen LogP contribution in [-0.4, -0.2) is 27.6 Å². The molecule has 0 unspecified atom stereocenters. The molecule has 0 saturated carbocycles. The van der Waals surface area contributed by atoms with Gasteiger partial charge in [0.15, 0.2) is 6.61 Å². The highest BCUT2D eigenvalue weighted by Crippen LogP contribution is 2.17. The van der Waals surface area contributed by atoms with E-state index in [-0.39, 0.29) is 13.2 Å². The molecule has 0 amide bonds. The lowest BCUT2D eigenvalue weighted by molar-refractivity contribution is -0.139. The molecule has 1 rings (SSSR count). The minimum Gasteiger partial charge on any atom is -0.481 e. The number of hydrogen-bond donors (Lipinski definition) is 0. The average molecular weight is 286 g/mol. The van der Waals surface area contributed by atoms with Gasteiger partial charge in [0, 0.05) is 6.92 Å². The summed E-state index contributed by atoms with van der Waals surface area (Å²) in [6, 6.07) is 4.83. The minimum atomic E-state index is -4.69. The Kier molecular flexibility index (Phi) is 5.33. The third kappa shape index (κ3) is 5.88. The van der Waals surface area contributed by atoms with Crippen LogP contribution in [-0.2, 0) is 19.8 Å². The Morgan fingerprint density at radius 2 is 1.79 bits per heavy atom. The van der Waals surface area contributed by atoms with Gasteiger partial charge in [-0.2, -0.15) is 8.42 Å². The molecule has 1 aromatic rings. The molecule has 102 valence electrons. The molecule has 0 bridgehead atoms. The highest BCUT2D eigenvalue weighted by molar-refractivity contribution is 7.86.